The van der Waals surface area contributed by atoms with Crippen LogP contribution in [0.1, 0.15) is 31.2 Å². The van der Waals surface area contributed by atoms with Gasteiger partial charge >= 0.3 is 0 Å². The molecule has 1 saturated carbocycles. The highest BCUT2D eigenvalue weighted by atomic mass is 79.9. The average Bonchev–Trinajstić information content (AvgIpc) is 2.16. The highest BCUT2D eigenvalue weighted by molar-refractivity contribution is 9.10. The van der Waals surface area contributed by atoms with Crippen LogP contribution in [0.15, 0.2) is 28.7 Å². The minimum absolute atomic E-state index is 0.172. The van der Waals surface area contributed by atoms with Crippen molar-refractivity contribution in [3.05, 3.63) is 34.3 Å². The molecule has 1 N–H and O–H groups in total. The molecule has 1 aliphatic carbocycles. The molecule has 0 spiro atoms. The zero-order valence-electron chi connectivity index (χ0n) is 8.82. The summed E-state index contributed by atoms with van der Waals surface area (Å²) < 4.78 is 1.11. The first-order chi connectivity index (χ1) is 7.25. The number of aliphatic hydroxyl groups is 1. The Morgan fingerprint density at radius 1 is 1.33 bits per heavy atom. The van der Waals surface area contributed by atoms with E-state index in [2.05, 4.69) is 22.0 Å². The van der Waals surface area contributed by atoms with E-state index in [1.807, 2.05) is 18.2 Å². The summed E-state index contributed by atoms with van der Waals surface area (Å²) in [4.78, 5) is 0. The van der Waals surface area contributed by atoms with E-state index >= 15 is 0 Å². The van der Waals surface area contributed by atoms with E-state index in [0.717, 1.165) is 23.2 Å². The molecule has 0 saturated heterocycles. The molecule has 15 heavy (non-hydrogen) atoms. The minimum Gasteiger partial charge on any atom is -0.393 e. The van der Waals surface area contributed by atoms with Crippen molar-refractivity contribution in [3.8, 4) is 0 Å². The van der Waals surface area contributed by atoms with Crippen molar-refractivity contribution in [1.82, 2.24) is 0 Å². The number of aliphatic hydroxyl groups excluding tert-OH is 1. The predicted molar refractivity (Wildman–Crippen MR) is 65.8 cm³/mol. The Labute approximate surface area is 99.6 Å². The van der Waals surface area contributed by atoms with Crippen LogP contribution in [-0.4, -0.2) is 11.2 Å². The summed E-state index contributed by atoms with van der Waals surface area (Å²) in [5.41, 5.74) is 1.21. The maximum atomic E-state index is 9.94. The fourth-order valence-electron chi connectivity index (χ4n) is 2.11. The summed E-state index contributed by atoms with van der Waals surface area (Å²) in [6.07, 6.45) is 5.56. The molecule has 1 aromatic carbocycles. The largest absolute Gasteiger partial charge is 0.393 e. The molecule has 0 heterocycles. The molecule has 1 nitrogen and oxygen atoms in total. The topological polar surface area (TPSA) is 20.2 Å². The lowest BCUT2D eigenvalue weighted by atomic mass is 9.80. The van der Waals surface area contributed by atoms with E-state index in [0.29, 0.717) is 0 Å². The molecule has 1 unspecified atom stereocenters. The summed E-state index contributed by atoms with van der Waals surface area (Å²) in [5, 5.41) is 9.94. The summed E-state index contributed by atoms with van der Waals surface area (Å²) in [7, 11) is 0. The van der Waals surface area contributed by atoms with E-state index in [-0.39, 0.29) is 6.10 Å². The molecule has 1 fully saturated rings. The van der Waals surface area contributed by atoms with Gasteiger partial charge in [0.1, 0.15) is 0 Å². The van der Waals surface area contributed by atoms with E-state index in [1.54, 1.807) is 0 Å². The van der Waals surface area contributed by atoms with Gasteiger partial charge in [0.25, 0.3) is 0 Å². The van der Waals surface area contributed by atoms with Crippen LogP contribution in [0.25, 0.3) is 0 Å². The van der Waals surface area contributed by atoms with Gasteiger partial charge in [-0.3, -0.25) is 0 Å². The van der Waals surface area contributed by atoms with Crippen molar-refractivity contribution in [1.29, 1.82) is 0 Å². The highest BCUT2D eigenvalue weighted by Gasteiger charge is 2.21. The molecule has 0 bridgehead atoms. The molecule has 1 atom stereocenters. The lowest BCUT2D eigenvalue weighted by Crippen LogP contribution is -2.21. The van der Waals surface area contributed by atoms with Crippen LogP contribution in [0, 0.1) is 5.92 Å². The number of benzene rings is 1. The summed E-state index contributed by atoms with van der Waals surface area (Å²) in [6.45, 7) is 0. The molecule has 0 aliphatic heterocycles. The summed E-state index contributed by atoms with van der Waals surface area (Å²) in [6, 6.07) is 8.14. The van der Waals surface area contributed by atoms with Crippen LogP contribution in [0.2, 0.25) is 0 Å². The van der Waals surface area contributed by atoms with E-state index in [1.165, 1.54) is 24.8 Å². The fourth-order valence-corrected chi connectivity index (χ4v) is 2.56. The van der Waals surface area contributed by atoms with E-state index in [4.69, 9.17) is 0 Å². The van der Waals surface area contributed by atoms with E-state index in [9.17, 15) is 5.11 Å². The van der Waals surface area contributed by atoms with Gasteiger partial charge in [-0.05, 0) is 30.4 Å². The van der Waals surface area contributed by atoms with Gasteiger partial charge in [-0.1, -0.05) is 53.4 Å². The first-order valence-corrected chi connectivity index (χ1v) is 6.46. The van der Waals surface area contributed by atoms with Crippen LogP contribution < -0.4 is 0 Å². The standard InChI is InChI=1S/C13H17BrO/c14-13-7-2-1-6-11(13)9-12(15)8-10-4-3-5-10/h1-2,6-7,10,12,15H,3-5,8-9H2. The van der Waals surface area contributed by atoms with Crippen LogP contribution in [0.3, 0.4) is 0 Å². The number of rotatable bonds is 4. The lowest BCUT2D eigenvalue weighted by Gasteiger charge is -2.27. The second kappa shape index (κ2) is 5.13. The molecule has 0 radical (unpaired) electrons. The first kappa shape index (κ1) is 11.2. The van der Waals surface area contributed by atoms with Gasteiger partial charge in [0.2, 0.25) is 0 Å². The van der Waals surface area contributed by atoms with Gasteiger partial charge in [0.15, 0.2) is 0 Å². The molecule has 2 heteroatoms. The van der Waals surface area contributed by atoms with Crippen LogP contribution in [0.5, 0.6) is 0 Å². The second-order valence-electron chi connectivity index (χ2n) is 4.48. The lowest BCUT2D eigenvalue weighted by molar-refractivity contribution is 0.117. The molecule has 1 aromatic rings. The Hall–Kier alpha value is -0.340. The Morgan fingerprint density at radius 2 is 2.07 bits per heavy atom. The molecular formula is C13H17BrO. The zero-order chi connectivity index (χ0) is 10.7. The SMILES string of the molecule is OC(Cc1ccccc1Br)CC1CCC1. The van der Waals surface area contributed by atoms with E-state index < -0.39 is 0 Å². The predicted octanol–water partition coefficient (Wildman–Crippen LogP) is 3.54. The van der Waals surface area contributed by atoms with Gasteiger partial charge in [-0.25, -0.2) is 0 Å². The monoisotopic (exact) mass is 268 g/mol. The molecular weight excluding hydrogens is 252 g/mol. The zero-order valence-corrected chi connectivity index (χ0v) is 10.4. The molecule has 0 amide bonds. The fraction of sp³-hybridized carbons (Fsp3) is 0.538. The minimum atomic E-state index is -0.172. The Bertz CT molecular complexity index is 320. The first-order valence-electron chi connectivity index (χ1n) is 5.67. The molecule has 2 rings (SSSR count). The van der Waals surface area contributed by atoms with Gasteiger partial charge in [0, 0.05) is 4.47 Å². The molecule has 82 valence electrons. The van der Waals surface area contributed by atoms with Crippen LogP contribution in [-0.2, 0) is 6.42 Å². The van der Waals surface area contributed by atoms with Crippen molar-refractivity contribution in [2.45, 2.75) is 38.2 Å². The Morgan fingerprint density at radius 3 is 2.67 bits per heavy atom. The Kier molecular flexibility index (Phi) is 3.81. The van der Waals surface area contributed by atoms with Crippen molar-refractivity contribution >= 4 is 15.9 Å². The number of halogens is 1. The maximum Gasteiger partial charge on any atom is 0.0583 e. The molecule has 1 aliphatic rings. The number of hydrogen-bond acceptors (Lipinski definition) is 1. The Balaban J connectivity index is 1.87. The third-order valence-corrected chi connectivity index (χ3v) is 4.02. The maximum absolute atomic E-state index is 9.94. The van der Waals surface area contributed by atoms with Gasteiger partial charge in [-0.15, -0.1) is 0 Å². The molecule has 0 aromatic heterocycles. The summed E-state index contributed by atoms with van der Waals surface area (Å²) in [5.74, 6) is 0.780. The average molecular weight is 269 g/mol. The second-order valence-corrected chi connectivity index (χ2v) is 5.34. The van der Waals surface area contributed by atoms with Crippen molar-refractivity contribution in [3.63, 3.8) is 0 Å². The van der Waals surface area contributed by atoms with Gasteiger partial charge in [-0.2, -0.15) is 0 Å². The summed E-state index contributed by atoms with van der Waals surface area (Å²) >= 11 is 3.51. The van der Waals surface area contributed by atoms with Gasteiger partial charge < -0.3 is 5.11 Å². The van der Waals surface area contributed by atoms with Crippen molar-refractivity contribution < 1.29 is 5.11 Å². The van der Waals surface area contributed by atoms with Crippen LogP contribution >= 0.6 is 15.9 Å². The van der Waals surface area contributed by atoms with Crippen LogP contribution in [0.4, 0.5) is 0 Å². The smallest absolute Gasteiger partial charge is 0.0583 e. The normalized spacial score (nSPS) is 18.5. The number of hydrogen-bond donors (Lipinski definition) is 1. The quantitative estimate of drug-likeness (QED) is 0.886. The third kappa shape index (κ3) is 3.05. The highest BCUT2D eigenvalue weighted by Crippen LogP contribution is 2.31. The van der Waals surface area contributed by atoms with Crippen molar-refractivity contribution in [2.75, 3.05) is 0 Å². The third-order valence-electron chi connectivity index (χ3n) is 3.24. The van der Waals surface area contributed by atoms with Crippen molar-refractivity contribution in [2.24, 2.45) is 5.92 Å². The van der Waals surface area contributed by atoms with Gasteiger partial charge in [0.05, 0.1) is 6.10 Å².